The quantitative estimate of drug-likeness (QED) is 0.100. The number of nitrogens with zero attached hydrogens (tertiary/aromatic N) is 2. The predicted octanol–water partition coefficient (Wildman–Crippen LogP) is 9.85. The van der Waals surface area contributed by atoms with Gasteiger partial charge in [-0.05, 0) is 151 Å². The first-order chi connectivity index (χ1) is 32.4. The van der Waals surface area contributed by atoms with Gasteiger partial charge in [-0.1, -0.05) is 70.0 Å². The maximum Gasteiger partial charge on any atom is 0.488 e. The van der Waals surface area contributed by atoms with Gasteiger partial charge < -0.3 is 30.2 Å². The zero-order valence-electron chi connectivity index (χ0n) is 40.4. The van der Waals surface area contributed by atoms with Crippen LogP contribution < -0.4 is 16.1 Å². The van der Waals surface area contributed by atoms with Crippen LogP contribution in [0.2, 0.25) is 0 Å². The second-order valence-electron chi connectivity index (χ2n) is 19.0. The number of hydrogen-bond donors (Lipinski definition) is 4. The van der Waals surface area contributed by atoms with Crippen LogP contribution in [0.3, 0.4) is 0 Å². The molecule has 6 rings (SSSR count). The molecule has 0 aromatic heterocycles. The fraction of sp³-hybridized carbons (Fsp3) is 0.440. The molecule has 0 spiro atoms. The lowest BCUT2D eigenvalue weighted by Gasteiger charge is -2.28. The first kappa shape index (κ1) is 57.0. The summed E-state index contributed by atoms with van der Waals surface area (Å²) in [6, 6.07) is 20.7. The Morgan fingerprint density at radius 1 is 0.629 bits per heavy atom. The molecule has 4 aromatic carbocycles. The van der Waals surface area contributed by atoms with Crippen molar-refractivity contribution in [2.24, 2.45) is 0 Å². The Kier molecular flexibility index (Phi) is 19.5. The van der Waals surface area contributed by atoms with Crippen molar-refractivity contribution >= 4 is 52.5 Å². The minimum absolute atomic E-state index is 0.131. The van der Waals surface area contributed by atoms with Gasteiger partial charge in [0, 0.05) is 30.7 Å². The van der Waals surface area contributed by atoms with E-state index in [4.69, 9.17) is 19.5 Å². The fourth-order valence-corrected chi connectivity index (χ4v) is 7.96. The summed E-state index contributed by atoms with van der Waals surface area (Å²) in [4.78, 5) is 52.8. The number of aryl methyl sites for hydroxylation is 2. The van der Waals surface area contributed by atoms with E-state index < -0.39 is 66.1 Å². The van der Waals surface area contributed by atoms with Crippen LogP contribution in [-0.4, -0.2) is 87.3 Å². The van der Waals surface area contributed by atoms with E-state index in [1.807, 2.05) is 45.0 Å². The van der Waals surface area contributed by atoms with Gasteiger partial charge in [0.15, 0.2) is 0 Å². The molecule has 2 aliphatic rings. The van der Waals surface area contributed by atoms with Gasteiger partial charge in [-0.15, -0.1) is 0 Å². The average molecular weight is 1050 g/mol. The number of alkyl halides is 6. The molecule has 2 saturated heterocycles. The largest absolute Gasteiger partial charge is 0.488 e. The predicted molar refractivity (Wildman–Crippen MR) is 257 cm³/mol. The van der Waals surface area contributed by atoms with Gasteiger partial charge in [0.25, 0.3) is 0 Å². The van der Waals surface area contributed by atoms with Crippen LogP contribution >= 0.6 is 15.9 Å². The molecule has 12 nitrogen and oxygen atoms in total. The van der Waals surface area contributed by atoms with Crippen molar-refractivity contribution in [1.29, 1.82) is 0 Å². The number of rotatable bonds is 8. The van der Waals surface area contributed by atoms with Crippen LogP contribution in [-0.2, 0) is 44.5 Å². The van der Waals surface area contributed by atoms with E-state index in [0.717, 1.165) is 46.3 Å². The molecule has 4 amide bonds. The summed E-state index contributed by atoms with van der Waals surface area (Å²) in [6.07, 6.45) is -7.07. The Balaban J connectivity index is 0.000000249. The first-order valence-corrected chi connectivity index (χ1v) is 23.3. The van der Waals surface area contributed by atoms with Crippen molar-refractivity contribution in [2.45, 2.75) is 130 Å². The van der Waals surface area contributed by atoms with E-state index in [9.17, 15) is 45.5 Å². The highest BCUT2D eigenvalue weighted by molar-refractivity contribution is 9.10. The zero-order valence-corrected chi connectivity index (χ0v) is 41.9. The Hall–Kier alpha value is -5.60. The van der Waals surface area contributed by atoms with Crippen LogP contribution in [0.25, 0.3) is 11.1 Å². The van der Waals surface area contributed by atoms with Gasteiger partial charge in [0.2, 0.25) is 11.8 Å². The van der Waals surface area contributed by atoms with Crippen molar-refractivity contribution in [3.8, 4) is 11.1 Å². The van der Waals surface area contributed by atoms with Crippen molar-refractivity contribution in [2.75, 3.05) is 13.1 Å². The molecule has 0 bridgehead atoms. The number of likely N-dealkylation sites (tertiary alicyclic amines) is 2. The summed E-state index contributed by atoms with van der Waals surface area (Å²) in [6.45, 7) is 15.5. The van der Waals surface area contributed by atoms with Crippen molar-refractivity contribution < 1.29 is 65.0 Å². The molecule has 2 aliphatic heterocycles. The smallest absolute Gasteiger partial charge is 0.444 e. The standard InChI is InChI=1S/C25H29F3N2O3.C17H23BrN2O3.C8H8BF3O2/c1-16-11-19(14-20(12-16)25(26,27)28)18-8-5-7-17(13-18)15-29-22(31)21-9-6-10-30(21)23(32)33-24(2,3)4;1-17(2,3)23-16(22)20-9-5-8-14(20)15(21)19-11-12-6-4-7-13(18)10-12;1-5-2-6(8(10,11)12)4-7(3-5)9(13)14/h5,7-8,11-14,21H,6,9-10,15H2,1-4H3,(H,29,31);4,6-7,10,14H,5,8-9,11H2,1-3H3,(H,19,21);2-4,13-14H,1H3/t21-;14-;/m00./s1. The van der Waals surface area contributed by atoms with Gasteiger partial charge in [0.05, 0.1) is 11.1 Å². The third-order valence-corrected chi connectivity index (χ3v) is 11.1. The highest BCUT2D eigenvalue weighted by Gasteiger charge is 2.38. The lowest BCUT2D eigenvalue weighted by molar-refractivity contribution is -0.138. The van der Waals surface area contributed by atoms with Crippen LogP contribution in [0, 0.1) is 13.8 Å². The molecule has 2 fully saturated rings. The van der Waals surface area contributed by atoms with Crippen molar-refractivity contribution in [1.82, 2.24) is 20.4 Å². The van der Waals surface area contributed by atoms with E-state index in [0.29, 0.717) is 61.2 Å². The van der Waals surface area contributed by atoms with Gasteiger partial charge in [-0.3, -0.25) is 19.4 Å². The van der Waals surface area contributed by atoms with Crippen LogP contribution in [0.15, 0.2) is 89.4 Å². The van der Waals surface area contributed by atoms with E-state index in [1.165, 1.54) is 22.8 Å². The second kappa shape index (κ2) is 24.0. The number of carbonyl (C=O) groups excluding carboxylic acids is 4. The maximum absolute atomic E-state index is 13.2. The molecule has 0 saturated carbocycles. The minimum atomic E-state index is -4.46. The maximum atomic E-state index is 13.2. The molecule has 0 radical (unpaired) electrons. The van der Waals surface area contributed by atoms with Gasteiger partial charge in [0.1, 0.15) is 23.3 Å². The third kappa shape index (κ3) is 18.0. The lowest BCUT2D eigenvalue weighted by Crippen LogP contribution is -2.47. The van der Waals surface area contributed by atoms with E-state index >= 15 is 0 Å². The molecular weight excluding hydrogens is 989 g/mol. The van der Waals surface area contributed by atoms with Gasteiger partial charge in [-0.2, -0.15) is 26.3 Å². The van der Waals surface area contributed by atoms with Crippen LogP contribution in [0.5, 0.6) is 0 Å². The number of ether oxygens (including phenoxy) is 2. The average Bonchev–Trinajstić information content (AvgIpc) is 3.95. The van der Waals surface area contributed by atoms with Gasteiger partial charge in [-0.25, -0.2) is 9.59 Å². The van der Waals surface area contributed by atoms with Crippen LogP contribution in [0.1, 0.15) is 101 Å². The summed E-state index contributed by atoms with van der Waals surface area (Å²) in [7, 11) is -1.88. The summed E-state index contributed by atoms with van der Waals surface area (Å²) in [5, 5.41) is 23.2. The molecular formula is C50H60BBrF6N4O8. The van der Waals surface area contributed by atoms with E-state index in [1.54, 1.807) is 58.0 Å². The SMILES string of the molecule is CC(C)(C)OC(=O)N1CCC[C@H]1C(=O)NCc1cccc(Br)c1.Cc1cc(-c2cccc(CNC(=O)[C@@H]3CCCN3C(=O)OC(C)(C)C)c2)cc(C(F)(F)F)c1.Cc1cc(B(O)O)cc(C(F)(F)F)c1. The summed E-state index contributed by atoms with van der Waals surface area (Å²) >= 11 is 3.41. The summed E-state index contributed by atoms with van der Waals surface area (Å²) in [5.41, 5.74) is 0.768. The Labute approximate surface area is 413 Å². The summed E-state index contributed by atoms with van der Waals surface area (Å²) in [5.74, 6) is -0.410. The molecule has 0 unspecified atom stereocenters. The Morgan fingerprint density at radius 2 is 1.07 bits per heavy atom. The molecule has 20 heteroatoms. The molecule has 70 heavy (non-hydrogen) atoms. The number of carbonyl (C=O) groups is 4. The zero-order chi connectivity index (χ0) is 52.4. The number of benzene rings is 4. The van der Waals surface area contributed by atoms with Gasteiger partial charge >= 0.3 is 31.7 Å². The highest BCUT2D eigenvalue weighted by Crippen LogP contribution is 2.34. The molecule has 4 N–H and O–H groups in total. The monoisotopic (exact) mass is 1050 g/mol. The third-order valence-electron chi connectivity index (χ3n) is 10.6. The second-order valence-corrected chi connectivity index (χ2v) is 19.9. The minimum Gasteiger partial charge on any atom is -0.444 e. The highest BCUT2D eigenvalue weighted by atomic mass is 79.9. The lowest BCUT2D eigenvalue weighted by atomic mass is 9.78. The molecule has 2 atom stereocenters. The fourth-order valence-electron chi connectivity index (χ4n) is 7.52. The molecule has 2 heterocycles. The number of nitrogens with one attached hydrogen (secondary N) is 2. The molecule has 380 valence electrons. The normalized spacial score (nSPS) is 16.0. The van der Waals surface area contributed by atoms with Crippen LogP contribution in [0.4, 0.5) is 35.9 Å². The first-order valence-electron chi connectivity index (χ1n) is 22.5. The topological polar surface area (TPSA) is 158 Å². The Morgan fingerprint density at radius 3 is 1.51 bits per heavy atom. The van der Waals surface area contributed by atoms with E-state index in [2.05, 4.69) is 26.6 Å². The Bertz CT molecular complexity index is 2460. The van der Waals surface area contributed by atoms with E-state index in [-0.39, 0.29) is 23.8 Å². The number of amides is 4. The molecule has 0 aliphatic carbocycles. The molecule has 4 aromatic rings. The number of hydrogen-bond acceptors (Lipinski definition) is 8. The summed E-state index contributed by atoms with van der Waals surface area (Å²) < 4.78 is 88.1. The van der Waals surface area contributed by atoms with Crippen molar-refractivity contribution in [3.05, 3.63) is 123 Å². The van der Waals surface area contributed by atoms with Crippen molar-refractivity contribution in [3.63, 3.8) is 0 Å². The number of halogens is 7.